The molecule has 0 spiro atoms. The molecule has 1 saturated heterocycles. The molecule has 0 aliphatic carbocycles. The first-order valence-electron chi connectivity index (χ1n) is 11.4. The van der Waals surface area contributed by atoms with Gasteiger partial charge in [0.2, 0.25) is 0 Å². The number of hydrogen-bond acceptors (Lipinski definition) is 5. The molecule has 1 fully saturated rings. The van der Waals surface area contributed by atoms with Crippen molar-refractivity contribution in [3.63, 3.8) is 0 Å². The molecule has 2 aromatic carbocycles. The molecule has 32 heavy (non-hydrogen) atoms. The third-order valence-corrected chi connectivity index (χ3v) is 6.82. The fourth-order valence-corrected chi connectivity index (χ4v) is 5.59. The zero-order valence-corrected chi connectivity index (χ0v) is 22.2. The van der Waals surface area contributed by atoms with Gasteiger partial charge in [-0.1, -0.05) is 60.7 Å². The van der Waals surface area contributed by atoms with Crippen molar-refractivity contribution in [2.75, 3.05) is 6.61 Å². The fourth-order valence-electron chi connectivity index (χ4n) is 3.64. The lowest BCUT2D eigenvalue weighted by Gasteiger charge is -2.32. The second-order valence-corrected chi connectivity index (χ2v) is 19.2. The minimum absolute atomic E-state index is 0.259. The molecule has 0 radical (unpaired) electrons. The number of benzene rings is 2. The molecule has 3 rings (SSSR count). The molecular formula is C25H38O5Si2. The Bertz CT molecular complexity index is 805. The third kappa shape index (κ3) is 8.22. The molecule has 0 unspecified atom stereocenters. The van der Waals surface area contributed by atoms with Gasteiger partial charge in [0.05, 0.1) is 19.8 Å². The van der Waals surface area contributed by atoms with Gasteiger partial charge in [0.1, 0.15) is 18.3 Å². The average molecular weight is 475 g/mol. The smallest absolute Gasteiger partial charge is 0.187 e. The second-order valence-electron chi connectivity index (χ2n) is 10.2. The summed E-state index contributed by atoms with van der Waals surface area (Å²) in [5.41, 5.74) is 2.26. The highest BCUT2D eigenvalue weighted by atomic mass is 28.4. The number of ether oxygens (including phenoxy) is 3. The summed E-state index contributed by atoms with van der Waals surface area (Å²) in [5, 5.41) is 0. The van der Waals surface area contributed by atoms with Crippen molar-refractivity contribution in [3.8, 4) is 0 Å². The SMILES string of the molecule is C[Si](C)(C)O[C@@H]1O[C@H](COCc2ccccc2)[C@@H](OCc2ccccc2)[C@H]1O[Si](C)(C)C. The highest BCUT2D eigenvalue weighted by Gasteiger charge is 2.49. The average Bonchev–Trinajstić information content (AvgIpc) is 3.01. The minimum Gasteiger partial charge on any atom is -0.407 e. The predicted octanol–water partition coefficient (Wildman–Crippen LogP) is 5.59. The first-order valence-corrected chi connectivity index (χ1v) is 18.2. The fraction of sp³-hybridized carbons (Fsp3) is 0.520. The molecule has 1 heterocycles. The Morgan fingerprint density at radius 2 is 1.22 bits per heavy atom. The molecule has 0 aromatic heterocycles. The Morgan fingerprint density at radius 3 is 1.75 bits per heavy atom. The summed E-state index contributed by atoms with van der Waals surface area (Å²) in [6.45, 7) is 14.5. The summed E-state index contributed by atoms with van der Waals surface area (Å²) in [6, 6.07) is 20.4. The van der Waals surface area contributed by atoms with E-state index in [0.29, 0.717) is 19.8 Å². The number of hydrogen-bond donors (Lipinski definition) is 0. The largest absolute Gasteiger partial charge is 0.407 e. The summed E-state index contributed by atoms with van der Waals surface area (Å²) >= 11 is 0. The van der Waals surface area contributed by atoms with E-state index in [0.717, 1.165) is 11.1 Å². The summed E-state index contributed by atoms with van der Waals surface area (Å²) in [4.78, 5) is 0. The van der Waals surface area contributed by atoms with Gasteiger partial charge in [0.15, 0.2) is 22.9 Å². The van der Waals surface area contributed by atoms with E-state index in [-0.39, 0.29) is 18.3 Å². The Kier molecular flexibility index (Phi) is 8.85. The van der Waals surface area contributed by atoms with Crippen molar-refractivity contribution in [3.05, 3.63) is 71.8 Å². The van der Waals surface area contributed by atoms with Gasteiger partial charge in [-0.05, 0) is 50.4 Å². The van der Waals surface area contributed by atoms with Gasteiger partial charge in [-0.15, -0.1) is 0 Å². The quantitative estimate of drug-likeness (QED) is 0.398. The Morgan fingerprint density at radius 1 is 0.688 bits per heavy atom. The van der Waals surface area contributed by atoms with Crippen molar-refractivity contribution < 1.29 is 23.1 Å². The molecular weight excluding hydrogens is 436 g/mol. The molecule has 1 aliphatic rings. The summed E-state index contributed by atoms with van der Waals surface area (Å²) in [7, 11) is -3.72. The third-order valence-electron chi connectivity index (χ3n) is 4.91. The standard InChI is InChI=1S/C25H38O5Si2/c1-31(2,3)29-24-23(27-18-21-15-11-8-12-16-21)22(28-25(24)30-32(4,5)6)19-26-17-20-13-9-7-10-14-20/h7-16,22-25H,17-19H2,1-6H3/t22-,23-,24-,25+/m1/s1. The highest BCUT2D eigenvalue weighted by Crippen LogP contribution is 2.32. The lowest BCUT2D eigenvalue weighted by Crippen LogP contribution is -2.47. The van der Waals surface area contributed by atoms with E-state index in [1.165, 1.54) is 0 Å². The molecule has 7 heteroatoms. The van der Waals surface area contributed by atoms with Crippen LogP contribution in [0.2, 0.25) is 39.3 Å². The highest BCUT2D eigenvalue weighted by molar-refractivity contribution is 6.70. The van der Waals surface area contributed by atoms with Gasteiger partial charge in [0.25, 0.3) is 0 Å². The van der Waals surface area contributed by atoms with E-state index < -0.39 is 22.9 Å². The minimum atomic E-state index is -1.87. The molecule has 0 bridgehead atoms. The maximum Gasteiger partial charge on any atom is 0.187 e. The van der Waals surface area contributed by atoms with Gasteiger partial charge in [-0.2, -0.15) is 0 Å². The zero-order valence-electron chi connectivity index (χ0n) is 20.2. The molecule has 2 aromatic rings. The maximum absolute atomic E-state index is 6.58. The van der Waals surface area contributed by atoms with Crippen molar-refractivity contribution in [2.45, 2.75) is 77.1 Å². The van der Waals surface area contributed by atoms with E-state index in [9.17, 15) is 0 Å². The van der Waals surface area contributed by atoms with Crippen molar-refractivity contribution in [2.24, 2.45) is 0 Å². The van der Waals surface area contributed by atoms with Crippen LogP contribution in [0.3, 0.4) is 0 Å². The van der Waals surface area contributed by atoms with E-state index in [1.54, 1.807) is 0 Å². The first kappa shape index (κ1) is 25.3. The molecule has 4 atom stereocenters. The summed E-state index contributed by atoms with van der Waals surface area (Å²) < 4.78 is 31.9. The van der Waals surface area contributed by atoms with Crippen LogP contribution in [0, 0.1) is 0 Å². The van der Waals surface area contributed by atoms with Gasteiger partial charge in [-0.25, -0.2) is 0 Å². The van der Waals surface area contributed by atoms with Gasteiger partial charge >= 0.3 is 0 Å². The van der Waals surface area contributed by atoms with Crippen LogP contribution in [-0.2, 0) is 36.3 Å². The van der Waals surface area contributed by atoms with Gasteiger partial charge < -0.3 is 23.1 Å². The second kappa shape index (κ2) is 11.2. The van der Waals surface area contributed by atoms with E-state index in [4.69, 9.17) is 23.1 Å². The Balaban J connectivity index is 1.75. The molecule has 0 amide bonds. The van der Waals surface area contributed by atoms with Crippen LogP contribution in [0.15, 0.2) is 60.7 Å². The van der Waals surface area contributed by atoms with Crippen LogP contribution >= 0.6 is 0 Å². The van der Waals surface area contributed by atoms with Crippen LogP contribution in [0.5, 0.6) is 0 Å². The van der Waals surface area contributed by atoms with E-state index in [2.05, 4.69) is 63.5 Å². The normalized spacial score (nSPS) is 24.1. The zero-order chi connectivity index (χ0) is 23.2. The molecule has 0 saturated carbocycles. The molecule has 1 aliphatic heterocycles. The van der Waals surface area contributed by atoms with Crippen LogP contribution in [0.4, 0.5) is 0 Å². The van der Waals surface area contributed by atoms with Crippen molar-refractivity contribution in [1.29, 1.82) is 0 Å². The first-order chi connectivity index (χ1) is 15.1. The summed E-state index contributed by atoms with van der Waals surface area (Å²) in [6.07, 6.45) is -1.24. The maximum atomic E-state index is 6.58. The monoisotopic (exact) mass is 474 g/mol. The van der Waals surface area contributed by atoms with Gasteiger partial charge in [-0.3, -0.25) is 0 Å². The molecule has 0 N–H and O–H groups in total. The van der Waals surface area contributed by atoms with Crippen molar-refractivity contribution in [1.82, 2.24) is 0 Å². The van der Waals surface area contributed by atoms with Crippen LogP contribution in [-0.4, -0.2) is 47.8 Å². The van der Waals surface area contributed by atoms with Crippen LogP contribution in [0.25, 0.3) is 0 Å². The van der Waals surface area contributed by atoms with Crippen LogP contribution < -0.4 is 0 Å². The topological polar surface area (TPSA) is 46.2 Å². The van der Waals surface area contributed by atoms with E-state index in [1.807, 2.05) is 36.4 Å². The summed E-state index contributed by atoms with van der Waals surface area (Å²) in [5.74, 6) is 0. The molecule has 176 valence electrons. The lowest BCUT2D eigenvalue weighted by molar-refractivity contribution is -0.125. The van der Waals surface area contributed by atoms with Crippen molar-refractivity contribution >= 4 is 16.6 Å². The number of rotatable bonds is 11. The van der Waals surface area contributed by atoms with Gasteiger partial charge in [0, 0.05) is 0 Å². The Hall–Kier alpha value is -1.33. The predicted molar refractivity (Wildman–Crippen MR) is 132 cm³/mol. The lowest BCUT2D eigenvalue weighted by atomic mass is 10.1. The Labute approximate surface area is 195 Å². The molecule has 5 nitrogen and oxygen atoms in total. The van der Waals surface area contributed by atoms with E-state index >= 15 is 0 Å². The van der Waals surface area contributed by atoms with Crippen LogP contribution in [0.1, 0.15) is 11.1 Å².